The molecule has 1 aromatic heterocycles. The molecule has 0 bridgehead atoms. The quantitative estimate of drug-likeness (QED) is 0.133. The average molecular weight is 684 g/mol. The molecular weight excluding hydrogens is 646 g/mol. The number of aromatic nitrogens is 1. The van der Waals surface area contributed by atoms with Crippen molar-refractivity contribution in [3.05, 3.63) is 107 Å². The number of hydrogen-bond acceptors (Lipinski definition) is 8. The molecule has 0 aliphatic carbocycles. The molecule has 2 unspecified atom stereocenters. The van der Waals surface area contributed by atoms with Gasteiger partial charge in [-0.2, -0.15) is 13.2 Å². The summed E-state index contributed by atoms with van der Waals surface area (Å²) in [6, 6.07) is 19.8. The number of methoxy groups -OCH3 is 1. The third kappa shape index (κ3) is 7.64. The number of carbonyl (C=O) groups excluding carboxylic acids is 1. The molecule has 9 nitrogen and oxygen atoms in total. The van der Waals surface area contributed by atoms with Crippen molar-refractivity contribution < 1.29 is 46.8 Å². The van der Waals surface area contributed by atoms with Crippen LogP contribution in [-0.2, 0) is 5.60 Å². The van der Waals surface area contributed by atoms with Crippen molar-refractivity contribution >= 4 is 5.91 Å². The van der Waals surface area contributed by atoms with Gasteiger partial charge in [0.2, 0.25) is 5.60 Å². The summed E-state index contributed by atoms with van der Waals surface area (Å²) in [4.78, 5) is 17.3. The number of fused-ring (bicyclic) bond motifs is 1. The highest BCUT2D eigenvalue weighted by Crippen LogP contribution is 2.47. The molecule has 0 radical (unpaired) electrons. The van der Waals surface area contributed by atoms with Crippen molar-refractivity contribution in [1.82, 2.24) is 15.6 Å². The normalized spacial score (nSPS) is 17.4. The molecule has 4 aromatic rings. The zero-order valence-corrected chi connectivity index (χ0v) is 27.1. The van der Waals surface area contributed by atoms with Gasteiger partial charge >= 0.3 is 6.18 Å². The Labute approximate surface area is 280 Å². The van der Waals surface area contributed by atoms with Gasteiger partial charge in [-0.1, -0.05) is 37.3 Å². The van der Waals surface area contributed by atoms with Crippen LogP contribution in [0.25, 0.3) is 11.3 Å². The molecule has 0 saturated carbocycles. The van der Waals surface area contributed by atoms with E-state index in [4.69, 9.17) is 19.3 Å². The van der Waals surface area contributed by atoms with Crippen LogP contribution in [-0.4, -0.2) is 66.8 Å². The van der Waals surface area contributed by atoms with Gasteiger partial charge in [0.1, 0.15) is 30.0 Å². The van der Waals surface area contributed by atoms with E-state index in [0.717, 1.165) is 23.8 Å². The number of aliphatic hydroxyl groups excluding tert-OH is 1. The van der Waals surface area contributed by atoms with Gasteiger partial charge in [-0.05, 0) is 61.0 Å². The van der Waals surface area contributed by atoms with Gasteiger partial charge < -0.3 is 35.1 Å². The van der Waals surface area contributed by atoms with Crippen molar-refractivity contribution in [3.63, 3.8) is 0 Å². The van der Waals surface area contributed by atoms with Crippen LogP contribution in [0.4, 0.5) is 17.6 Å². The Morgan fingerprint density at radius 1 is 1.04 bits per heavy atom. The highest BCUT2D eigenvalue weighted by atomic mass is 19.4. The molecule has 13 heteroatoms. The average Bonchev–Trinajstić information content (AvgIpc) is 3.42. The molecule has 1 aliphatic heterocycles. The number of aliphatic hydroxyl groups is 2. The van der Waals surface area contributed by atoms with Crippen LogP contribution >= 0.6 is 0 Å². The predicted octanol–water partition coefficient (Wildman–Crippen LogP) is 5.66. The smallest absolute Gasteiger partial charge is 0.424 e. The second-order valence-corrected chi connectivity index (χ2v) is 11.7. The molecule has 260 valence electrons. The Bertz CT molecular complexity index is 1760. The summed E-state index contributed by atoms with van der Waals surface area (Å²) in [6.07, 6.45) is -5.79. The number of benzene rings is 3. The standard InChI is InChI=1S/C36H37F4N3O6/c1-21-27-18-31(35(46,36(38,39)40)20-42-34(45)25-11-14-28(48-16-15-44)29(17-25)47-3)43-32(24-9-12-26(37)13-10-24)33(27)49-30(21)19-41-22(2)23-7-5-4-6-8-23/h4-14,17-18,21-22,30,41,44,46H,15-16,19-20H2,1-3H3,(H,42,45)/t21-,22+,30?,35?/m1/s1. The van der Waals surface area contributed by atoms with E-state index >= 15 is 0 Å². The predicted molar refractivity (Wildman–Crippen MR) is 173 cm³/mol. The van der Waals surface area contributed by atoms with E-state index in [0.29, 0.717) is 12.1 Å². The Kier molecular flexibility index (Phi) is 10.8. The van der Waals surface area contributed by atoms with Gasteiger partial charge in [-0.25, -0.2) is 9.37 Å². The van der Waals surface area contributed by atoms with Crippen LogP contribution in [0.15, 0.2) is 78.9 Å². The zero-order chi connectivity index (χ0) is 35.3. The van der Waals surface area contributed by atoms with Crippen LogP contribution in [0.1, 0.15) is 53.0 Å². The van der Waals surface area contributed by atoms with E-state index in [-0.39, 0.29) is 53.3 Å². The van der Waals surface area contributed by atoms with Crippen molar-refractivity contribution in [2.75, 3.05) is 33.4 Å². The Hall–Kier alpha value is -4.72. The van der Waals surface area contributed by atoms with E-state index in [1.807, 2.05) is 37.3 Å². The number of halogens is 4. The van der Waals surface area contributed by atoms with Gasteiger partial charge in [0.05, 0.1) is 26.0 Å². The Balaban J connectivity index is 1.46. The van der Waals surface area contributed by atoms with Gasteiger partial charge in [-0.3, -0.25) is 4.79 Å². The highest BCUT2D eigenvalue weighted by molar-refractivity contribution is 5.95. The maximum atomic E-state index is 14.8. The molecule has 1 amide bonds. The van der Waals surface area contributed by atoms with E-state index < -0.39 is 47.8 Å². The number of nitrogens with one attached hydrogen (secondary N) is 2. The van der Waals surface area contributed by atoms with E-state index in [1.54, 1.807) is 6.92 Å². The zero-order valence-electron chi connectivity index (χ0n) is 27.1. The molecule has 1 aliphatic rings. The van der Waals surface area contributed by atoms with Crippen LogP contribution in [0, 0.1) is 5.82 Å². The molecule has 4 atom stereocenters. The summed E-state index contributed by atoms with van der Waals surface area (Å²) < 4.78 is 75.2. The van der Waals surface area contributed by atoms with Gasteiger partial charge in [0.15, 0.2) is 11.5 Å². The first kappa shape index (κ1) is 35.6. The Morgan fingerprint density at radius 2 is 1.76 bits per heavy atom. The summed E-state index contributed by atoms with van der Waals surface area (Å²) in [7, 11) is 1.32. The number of ether oxygens (including phenoxy) is 3. The third-order valence-electron chi connectivity index (χ3n) is 8.53. The van der Waals surface area contributed by atoms with Crippen LogP contribution in [0.2, 0.25) is 0 Å². The summed E-state index contributed by atoms with van der Waals surface area (Å²) in [5, 5.41) is 26.0. The second kappa shape index (κ2) is 14.8. The fraction of sp³-hybridized carbons (Fsp3) is 0.333. The maximum Gasteiger partial charge on any atom is 0.424 e. The van der Waals surface area contributed by atoms with Gasteiger partial charge in [-0.15, -0.1) is 0 Å². The van der Waals surface area contributed by atoms with Gasteiger partial charge in [0.25, 0.3) is 5.91 Å². The summed E-state index contributed by atoms with van der Waals surface area (Å²) in [5.74, 6) is -1.35. The minimum Gasteiger partial charge on any atom is -0.493 e. The molecular formula is C36H37F4N3O6. The molecule has 0 saturated heterocycles. The second-order valence-electron chi connectivity index (χ2n) is 11.7. The van der Waals surface area contributed by atoms with Crippen molar-refractivity contribution in [3.8, 4) is 28.5 Å². The number of alkyl halides is 3. The molecule has 4 N–H and O–H groups in total. The Morgan fingerprint density at radius 3 is 2.41 bits per heavy atom. The maximum absolute atomic E-state index is 14.8. The molecule has 49 heavy (non-hydrogen) atoms. The van der Waals surface area contributed by atoms with Crippen molar-refractivity contribution in [1.29, 1.82) is 0 Å². The number of rotatable bonds is 13. The fourth-order valence-corrected chi connectivity index (χ4v) is 5.58. The van der Waals surface area contributed by atoms with Crippen LogP contribution in [0.3, 0.4) is 0 Å². The first-order valence-electron chi connectivity index (χ1n) is 15.6. The number of pyridine rings is 1. The van der Waals surface area contributed by atoms with Crippen LogP contribution < -0.4 is 24.8 Å². The van der Waals surface area contributed by atoms with Crippen molar-refractivity contribution in [2.24, 2.45) is 0 Å². The molecule has 2 heterocycles. The summed E-state index contributed by atoms with van der Waals surface area (Å²) in [6.45, 7) is 2.55. The first-order chi connectivity index (χ1) is 23.4. The van der Waals surface area contributed by atoms with Crippen LogP contribution in [0.5, 0.6) is 17.2 Å². The summed E-state index contributed by atoms with van der Waals surface area (Å²) >= 11 is 0. The molecule has 5 rings (SSSR count). The lowest BCUT2D eigenvalue weighted by Gasteiger charge is -2.31. The SMILES string of the molecule is COc1cc(C(=O)NCC(O)(c2cc3c(c(-c4ccc(F)cc4)n2)OC(CN[C@@H](C)c2ccccc2)[C@@H]3C)C(F)(F)F)ccc1OCCO. The van der Waals surface area contributed by atoms with Crippen molar-refractivity contribution in [2.45, 2.75) is 43.7 Å². The third-order valence-corrected chi connectivity index (χ3v) is 8.53. The lowest BCUT2D eigenvalue weighted by molar-refractivity contribution is -0.265. The largest absolute Gasteiger partial charge is 0.493 e. The lowest BCUT2D eigenvalue weighted by Crippen LogP contribution is -2.51. The summed E-state index contributed by atoms with van der Waals surface area (Å²) in [5.41, 5.74) is -2.75. The number of carbonyl (C=O) groups is 1. The number of amides is 1. The number of nitrogens with zero attached hydrogens (tertiary/aromatic N) is 1. The van der Waals surface area contributed by atoms with E-state index in [1.165, 1.54) is 37.4 Å². The number of hydrogen-bond donors (Lipinski definition) is 4. The molecule has 3 aromatic carbocycles. The fourth-order valence-electron chi connectivity index (χ4n) is 5.58. The minimum atomic E-state index is -5.28. The minimum absolute atomic E-state index is 0.00448. The van der Waals surface area contributed by atoms with Gasteiger partial charge in [0, 0.05) is 35.2 Å². The molecule has 0 spiro atoms. The first-order valence-corrected chi connectivity index (χ1v) is 15.6. The highest BCUT2D eigenvalue weighted by Gasteiger charge is 2.57. The topological polar surface area (TPSA) is 122 Å². The monoisotopic (exact) mass is 683 g/mol. The van der Waals surface area contributed by atoms with E-state index in [9.17, 15) is 27.5 Å². The molecule has 0 fully saturated rings. The van der Waals surface area contributed by atoms with E-state index in [2.05, 4.69) is 15.6 Å². The lowest BCUT2D eigenvalue weighted by atomic mass is 9.90.